The first-order valence-electron chi connectivity index (χ1n) is 7.52. The highest BCUT2D eigenvalue weighted by Crippen LogP contribution is 2.33. The summed E-state index contributed by atoms with van der Waals surface area (Å²) in [6.07, 6.45) is 0.0880. The molecule has 6 heteroatoms. The van der Waals surface area contributed by atoms with E-state index in [1.807, 2.05) is 32.0 Å². The standard InChI is InChI=1S/C18H16Cl2N2O2/c1-10-3-5-13(7-11(10)2)21-15-9-17(23)22(18(15)24)16-6-4-12(19)8-14(16)20/h3-8,15,21H,9H2,1-2H3. The highest BCUT2D eigenvalue weighted by atomic mass is 35.5. The Labute approximate surface area is 150 Å². The zero-order valence-electron chi connectivity index (χ0n) is 13.3. The van der Waals surface area contributed by atoms with Crippen molar-refractivity contribution in [3.05, 3.63) is 57.6 Å². The van der Waals surface area contributed by atoms with E-state index in [4.69, 9.17) is 23.2 Å². The number of anilines is 2. The Kier molecular flexibility index (Phi) is 4.52. The second-order valence-electron chi connectivity index (χ2n) is 5.86. The van der Waals surface area contributed by atoms with Gasteiger partial charge in [0, 0.05) is 10.7 Å². The molecule has 3 rings (SSSR count). The summed E-state index contributed by atoms with van der Waals surface area (Å²) in [6, 6.07) is 9.94. The van der Waals surface area contributed by atoms with Crippen LogP contribution in [0.4, 0.5) is 11.4 Å². The Bertz CT molecular complexity index is 836. The van der Waals surface area contributed by atoms with Crippen LogP contribution in [0.15, 0.2) is 36.4 Å². The highest BCUT2D eigenvalue weighted by Gasteiger charge is 2.40. The Morgan fingerprint density at radius 1 is 1.04 bits per heavy atom. The molecule has 1 N–H and O–H groups in total. The van der Waals surface area contributed by atoms with Crippen molar-refractivity contribution in [1.29, 1.82) is 0 Å². The van der Waals surface area contributed by atoms with Crippen molar-refractivity contribution in [3.63, 3.8) is 0 Å². The average Bonchev–Trinajstić information content (AvgIpc) is 2.78. The summed E-state index contributed by atoms with van der Waals surface area (Å²) in [5, 5.41) is 3.86. The fourth-order valence-corrected chi connectivity index (χ4v) is 3.19. The molecule has 4 nitrogen and oxygen atoms in total. The molecule has 0 radical (unpaired) electrons. The lowest BCUT2D eigenvalue weighted by Crippen LogP contribution is -2.35. The van der Waals surface area contributed by atoms with Crippen molar-refractivity contribution in [1.82, 2.24) is 0 Å². The normalized spacial score (nSPS) is 17.5. The third-order valence-electron chi connectivity index (χ3n) is 4.15. The largest absolute Gasteiger partial charge is 0.373 e. The number of imide groups is 1. The molecule has 2 amide bonds. The molecule has 0 aliphatic carbocycles. The van der Waals surface area contributed by atoms with Crippen LogP contribution in [0.3, 0.4) is 0 Å². The monoisotopic (exact) mass is 362 g/mol. The van der Waals surface area contributed by atoms with Gasteiger partial charge in [0.25, 0.3) is 5.91 Å². The average molecular weight is 363 g/mol. The van der Waals surface area contributed by atoms with Crippen LogP contribution < -0.4 is 10.2 Å². The number of benzene rings is 2. The van der Waals surface area contributed by atoms with Crippen LogP contribution in [0, 0.1) is 13.8 Å². The smallest absolute Gasteiger partial charge is 0.256 e. The van der Waals surface area contributed by atoms with Crippen LogP contribution in [-0.4, -0.2) is 17.9 Å². The number of hydrogen-bond donors (Lipinski definition) is 1. The van der Waals surface area contributed by atoms with Gasteiger partial charge in [-0.15, -0.1) is 0 Å². The predicted molar refractivity (Wildman–Crippen MR) is 96.9 cm³/mol. The maximum Gasteiger partial charge on any atom is 0.256 e. The van der Waals surface area contributed by atoms with Gasteiger partial charge < -0.3 is 5.32 Å². The molecule has 1 heterocycles. The minimum absolute atomic E-state index is 0.0880. The molecule has 0 saturated carbocycles. The van der Waals surface area contributed by atoms with Gasteiger partial charge in [-0.2, -0.15) is 0 Å². The van der Waals surface area contributed by atoms with E-state index in [0.29, 0.717) is 10.7 Å². The first-order valence-corrected chi connectivity index (χ1v) is 8.28. The van der Waals surface area contributed by atoms with E-state index >= 15 is 0 Å². The highest BCUT2D eigenvalue weighted by molar-refractivity contribution is 6.38. The van der Waals surface area contributed by atoms with Gasteiger partial charge >= 0.3 is 0 Å². The number of carbonyl (C=O) groups is 2. The molecule has 0 aromatic heterocycles. The Balaban J connectivity index is 1.84. The fraction of sp³-hybridized carbons (Fsp3) is 0.222. The van der Waals surface area contributed by atoms with Crippen molar-refractivity contribution in [3.8, 4) is 0 Å². The molecule has 1 aliphatic rings. The van der Waals surface area contributed by atoms with Crippen molar-refractivity contribution in [2.45, 2.75) is 26.3 Å². The van der Waals surface area contributed by atoms with Crippen molar-refractivity contribution >= 4 is 46.4 Å². The third kappa shape index (κ3) is 3.12. The molecule has 0 bridgehead atoms. The minimum Gasteiger partial charge on any atom is -0.373 e. The summed E-state index contributed by atoms with van der Waals surface area (Å²) in [5.74, 6) is -0.604. The summed E-state index contributed by atoms with van der Waals surface area (Å²) in [4.78, 5) is 26.1. The molecule has 124 valence electrons. The van der Waals surface area contributed by atoms with Crippen molar-refractivity contribution < 1.29 is 9.59 Å². The maximum atomic E-state index is 12.7. The van der Waals surface area contributed by atoms with Gasteiger partial charge in [-0.25, -0.2) is 4.90 Å². The number of nitrogens with zero attached hydrogens (tertiary/aromatic N) is 1. The second kappa shape index (κ2) is 6.46. The van der Waals surface area contributed by atoms with E-state index in [-0.39, 0.29) is 23.3 Å². The lowest BCUT2D eigenvalue weighted by Gasteiger charge is -2.17. The van der Waals surface area contributed by atoms with Gasteiger partial charge in [0.05, 0.1) is 17.1 Å². The number of aryl methyl sites for hydroxylation is 2. The van der Waals surface area contributed by atoms with Crippen LogP contribution in [0.5, 0.6) is 0 Å². The van der Waals surface area contributed by atoms with Gasteiger partial charge in [0.2, 0.25) is 5.91 Å². The van der Waals surface area contributed by atoms with Crippen molar-refractivity contribution in [2.24, 2.45) is 0 Å². The Morgan fingerprint density at radius 2 is 1.79 bits per heavy atom. The fourth-order valence-electron chi connectivity index (χ4n) is 2.69. The third-order valence-corrected chi connectivity index (χ3v) is 4.68. The summed E-state index contributed by atoms with van der Waals surface area (Å²) >= 11 is 12.0. The Morgan fingerprint density at radius 3 is 2.46 bits per heavy atom. The Hall–Kier alpha value is -2.04. The first kappa shape index (κ1) is 16.8. The molecule has 1 fully saturated rings. The van der Waals surface area contributed by atoms with Crippen LogP contribution in [0.2, 0.25) is 10.0 Å². The SMILES string of the molecule is Cc1ccc(NC2CC(=O)N(c3ccc(Cl)cc3Cl)C2=O)cc1C. The number of nitrogens with one attached hydrogen (secondary N) is 1. The molecule has 0 spiro atoms. The number of halogens is 2. The lowest BCUT2D eigenvalue weighted by atomic mass is 10.1. The quantitative estimate of drug-likeness (QED) is 0.825. The van der Waals surface area contributed by atoms with E-state index in [1.165, 1.54) is 11.6 Å². The van der Waals surface area contributed by atoms with Crippen LogP contribution in [0.1, 0.15) is 17.5 Å². The van der Waals surface area contributed by atoms with Gasteiger partial charge in [-0.05, 0) is 55.3 Å². The van der Waals surface area contributed by atoms with E-state index < -0.39 is 6.04 Å². The maximum absolute atomic E-state index is 12.7. The van der Waals surface area contributed by atoms with Crippen LogP contribution >= 0.6 is 23.2 Å². The van der Waals surface area contributed by atoms with Gasteiger partial charge in [0.1, 0.15) is 6.04 Å². The molecule has 1 saturated heterocycles. The van der Waals surface area contributed by atoms with E-state index in [0.717, 1.165) is 16.2 Å². The molecule has 2 aromatic carbocycles. The van der Waals surface area contributed by atoms with Crippen LogP contribution in [-0.2, 0) is 9.59 Å². The molecular formula is C18H16Cl2N2O2. The van der Waals surface area contributed by atoms with E-state index in [9.17, 15) is 9.59 Å². The summed E-state index contributed by atoms with van der Waals surface area (Å²) in [5.41, 5.74) is 3.46. The zero-order valence-corrected chi connectivity index (χ0v) is 14.8. The minimum atomic E-state index is -0.605. The predicted octanol–water partition coefficient (Wildman–Crippen LogP) is 4.35. The first-order chi connectivity index (χ1) is 11.4. The topological polar surface area (TPSA) is 49.4 Å². The van der Waals surface area contributed by atoms with E-state index in [1.54, 1.807) is 12.1 Å². The number of hydrogen-bond acceptors (Lipinski definition) is 3. The summed E-state index contributed by atoms with van der Waals surface area (Å²) < 4.78 is 0. The summed E-state index contributed by atoms with van der Waals surface area (Å²) in [7, 11) is 0. The van der Waals surface area contributed by atoms with Gasteiger partial charge in [-0.3, -0.25) is 9.59 Å². The number of rotatable bonds is 3. The number of amides is 2. The molecule has 1 atom stereocenters. The molecule has 2 aromatic rings. The number of carbonyl (C=O) groups excluding carboxylic acids is 2. The van der Waals surface area contributed by atoms with Crippen LogP contribution in [0.25, 0.3) is 0 Å². The molecule has 1 unspecified atom stereocenters. The van der Waals surface area contributed by atoms with E-state index in [2.05, 4.69) is 5.32 Å². The summed E-state index contributed by atoms with van der Waals surface area (Å²) in [6.45, 7) is 4.02. The molecule has 1 aliphatic heterocycles. The molecular weight excluding hydrogens is 347 g/mol. The van der Waals surface area contributed by atoms with Crippen molar-refractivity contribution in [2.75, 3.05) is 10.2 Å². The van der Waals surface area contributed by atoms with Gasteiger partial charge in [0.15, 0.2) is 0 Å². The lowest BCUT2D eigenvalue weighted by molar-refractivity contribution is -0.121. The molecule has 24 heavy (non-hydrogen) atoms. The second-order valence-corrected chi connectivity index (χ2v) is 6.71. The van der Waals surface area contributed by atoms with Gasteiger partial charge in [-0.1, -0.05) is 29.3 Å². The zero-order chi connectivity index (χ0) is 17.4.